The summed E-state index contributed by atoms with van der Waals surface area (Å²) < 4.78 is 108. The molecule has 0 unspecified atom stereocenters. The van der Waals surface area contributed by atoms with E-state index in [9.17, 15) is 35.1 Å². The van der Waals surface area contributed by atoms with Crippen molar-refractivity contribution in [3.63, 3.8) is 0 Å². The zero-order valence-corrected chi connectivity index (χ0v) is 12.0. The lowest BCUT2D eigenvalue weighted by atomic mass is 10.0. The van der Waals surface area contributed by atoms with Crippen molar-refractivity contribution < 1.29 is 44.6 Å². The van der Waals surface area contributed by atoms with Crippen molar-refractivity contribution in [3.05, 3.63) is 48.0 Å². The van der Waals surface area contributed by atoms with Gasteiger partial charge in [-0.3, -0.25) is 0 Å². The highest BCUT2D eigenvalue weighted by atomic mass is 19.4. The first kappa shape index (κ1) is 18.8. The highest BCUT2D eigenvalue weighted by molar-refractivity contribution is 5.72. The number of rotatable bonds is 4. The van der Waals surface area contributed by atoms with Gasteiger partial charge in [0.05, 0.1) is 5.56 Å². The van der Waals surface area contributed by atoms with E-state index < -0.39 is 41.8 Å². The van der Waals surface area contributed by atoms with Crippen LogP contribution in [0.15, 0.2) is 42.5 Å². The van der Waals surface area contributed by atoms with Gasteiger partial charge in [-0.05, 0) is 35.9 Å². The highest BCUT2D eigenvalue weighted by Crippen LogP contribution is 2.39. The predicted octanol–water partition coefficient (Wildman–Crippen LogP) is 5.87. The van der Waals surface area contributed by atoms with Crippen molar-refractivity contribution in [2.24, 2.45) is 0 Å². The minimum atomic E-state index is -5.02. The molecule has 2 aromatic rings. The Hall–Kier alpha value is -2.52. The Bertz CT molecular complexity index is 737. The van der Waals surface area contributed by atoms with Gasteiger partial charge in [-0.25, -0.2) is 0 Å². The molecule has 0 heterocycles. The van der Waals surface area contributed by atoms with Crippen molar-refractivity contribution in [2.45, 2.75) is 19.2 Å². The monoisotopic (exact) mass is 372 g/mol. The maximum Gasteiger partial charge on any atom is 0.573 e. The minimum absolute atomic E-state index is 0.219. The van der Waals surface area contributed by atoms with E-state index in [1.807, 2.05) is 0 Å². The molecule has 0 N–H and O–H groups in total. The summed E-state index contributed by atoms with van der Waals surface area (Å²) in [5.74, 6) is -1.34. The van der Waals surface area contributed by atoms with Crippen LogP contribution in [0.2, 0.25) is 0 Å². The van der Waals surface area contributed by atoms with Crippen LogP contribution in [0.1, 0.15) is 5.56 Å². The van der Waals surface area contributed by atoms with E-state index in [1.54, 1.807) is 0 Å². The van der Waals surface area contributed by atoms with Gasteiger partial charge in [0.15, 0.2) is 0 Å². The number of hydrogen-bond donors (Lipinski definition) is 0. The van der Waals surface area contributed by atoms with Crippen LogP contribution in [0.4, 0.5) is 35.1 Å². The summed E-state index contributed by atoms with van der Waals surface area (Å²) in [5.41, 5.74) is -1.85. The van der Waals surface area contributed by atoms with Gasteiger partial charge in [-0.15, -0.1) is 13.2 Å². The lowest BCUT2D eigenvalue weighted by molar-refractivity contribution is -0.274. The molecule has 0 radical (unpaired) electrons. The minimum Gasteiger partial charge on any atom is -0.434 e. The van der Waals surface area contributed by atoms with Crippen LogP contribution in [0.3, 0.4) is 0 Å². The van der Waals surface area contributed by atoms with E-state index in [2.05, 4.69) is 9.47 Å². The van der Waals surface area contributed by atoms with E-state index in [4.69, 9.17) is 0 Å². The van der Waals surface area contributed by atoms with Crippen LogP contribution < -0.4 is 9.47 Å². The molecule has 0 fully saturated rings. The molecule has 2 nitrogen and oxygen atoms in total. The molecule has 25 heavy (non-hydrogen) atoms. The molecule has 0 aliphatic heterocycles. The third-order valence-corrected chi connectivity index (χ3v) is 2.90. The van der Waals surface area contributed by atoms with Crippen molar-refractivity contribution in [1.29, 1.82) is 0 Å². The topological polar surface area (TPSA) is 18.5 Å². The largest absolute Gasteiger partial charge is 0.573 e. The second-order valence-corrected chi connectivity index (χ2v) is 4.66. The summed E-state index contributed by atoms with van der Waals surface area (Å²) in [6.45, 7) is -3.33. The van der Waals surface area contributed by atoms with Gasteiger partial charge in [0.2, 0.25) is 0 Å². The maximum absolute atomic E-state index is 12.8. The number of alkyl halides is 8. The van der Waals surface area contributed by atoms with Gasteiger partial charge < -0.3 is 9.47 Å². The molecular weight excluding hydrogens is 364 g/mol. The average Bonchev–Trinajstić information content (AvgIpc) is 2.44. The predicted molar refractivity (Wildman–Crippen MR) is 70.2 cm³/mol. The van der Waals surface area contributed by atoms with Gasteiger partial charge in [0, 0.05) is 5.56 Å². The fourth-order valence-corrected chi connectivity index (χ4v) is 1.99. The Morgan fingerprint density at radius 2 is 1.52 bits per heavy atom. The van der Waals surface area contributed by atoms with Crippen molar-refractivity contribution >= 4 is 0 Å². The molecule has 0 aliphatic carbocycles. The smallest absolute Gasteiger partial charge is 0.434 e. The summed E-state index contributed by atoms with van der Waals surface area (Å²) in [6.07, 6.45) is -9.80. The van der Waals surface area contributed by atoms with Crippen LogP contribution in [0, 0.1) is 0 Å². The highest BCUT2D eigenvalue weighted by Gasteiger charge is 2.33. The second-order valence-electron chi connectivity index (χ2n) is 4.66. The van der Waals surface area contributed by atoms with Crippen LogP contribution >= 0.6 is 0 Å². The molecule has 2 rings (SSSR count). The summed E-state index contributed by atoms with van der Waals surface area (Å²) in [4.78, 5) is 0. The molecule has 0 saturated heterocycles. The van der Waals surface area contributed by atoms with Gasteiger partial charge in [-0.1, -0.05) is 12.1 Å². The fourth-order valence-electron chi connectivity index (χ4n) is 1.99. The SMILES string of the molecule is FC(F)Oc1ccc(C(F)(F)F)cc1-c1cccc(OC(F)(F)F)c1. The molecular formula is C15H8F8O2. The number of hydrogen-bond acceptors (Lipinski definition) is 2. The third-order valence-electron chi connectivity index (χ3n) is 2.90. The first-order chi connectivity index (χ1) is 11.5. The zero-order valence-electron chi connectivity index (χ0n) is 12.0. The van der Waals surface area contributed by atoms with Gasteiger partial charge in [0.1, 0.15) is 11.5 Å². The van der Waals surface area contributed by atoms with E-state index in [1.165, 1.54) is 0 Å². The Balaban J connectivity index is 2.53. The lowest BCUT2D eigenvalue weighted by Crippen LogP contribution is -2.17. The van der Waals surface area contributed by atoms with E-state index >= 15 is 0 Å². The Morgan fingerprint density at radius 3 is 2.08 bits per heavy atom. The van der Waals surface area contributed by atoms with Crippen molar-refractivity contribution in [1.82, 2.24) is 0 Å². The van der Waals surface area contributed by atoms with E-state index in [0.29, 0.717) is 18.2 Å². The quantitative estimate of drug-likeness (QED) is 0.625. The van der Waals surface area contributed by atoms with Gasteiger partial charge in [-0.2, -0.15) is 22.0 Å². The van der Waals surface area contributed by atoms with Gasteiger partial charge in [0.25, 0.3) is 0 Å². The van der Waals surface area contributed by atoms with Crippen LogP contribution in [0.5, 0.6) is 11.5 Å². The number of halogens is 8. The summed E-state index contributed by atoms with van der Waals surface area (Å²) in [5, 5.41) is 0. The lowest BCUT2D eigenvalue weighted by Gasteiger charge is -2.15. The van der Waals surface area contributed by atoms with Crippen LogP contribution in [-0.4, -0.2) is 13.0 Å². The maximum atomic E-state index is 12.8. The standard InChI is InChI=1S/C15H8F8O2/c16-13(17)24-12-5-4-9(14(18,19)20)7-11(12)8-2-1-3-10(6-8)25-15(21,22)23/h1-7,13H. The molecule has 136 valence electrons. The molecule has 0 aliphatic rings. The molecule has 0 spiro atoms. The molecule has 2 aromatic carbocycles. The molecule has 0 amide bonds. The summed E-state index contributed by atoms with van der Waals surface area (Å²) >= 11 is 0. The van der Waals surface area contributed by atoms with E-state index in [0.717, 1.165) is 24.3 Å². The van der Waals surface area contributed by atoms with Gasteiger partial charge >= 0.3 is 19.2 Å². The Labute approximate surface area is 135 Å². The third kappa shape index (κ3) is 5.23. The molecule has 0 aromatic heterocycles. The number of benzene rings is 2. The van der Waals surface area contributed by atoms with Crippen LogP contribution in [-0.2, 0) is 6.18 Å². The Kier molecular flexibility index (Phi) is 5.09. The van der Waals surface area contributed by atoms with Crippen molar-refractivity contribution in [2.75, 3.05) is 0 Å². The molecule has 0 bridgehead atoms. The number of ether oxygens (including phenoxy) is 2. The van der Waals surface area contributed by atoms with E-state index in [-0.39, 0.29) is 5.56 Å². The van der Waals surface area contributed by atoms with Crippen molar-refractivity contribution in [3.8, 4) is 22.6 Å². The average molecular weight is 372 g/mol. The Morgan fingerprint density at radius 1 is 0.840 bits per heavy atom. The normalized spacial score (nSPS) is 12.4. The molecule has 10 heteroatoms. The summed E-state index contributed by atoms with van der Waals surface area (Å²) in [7, 11) is 0. The fraction of sp³-hybridized carbons (Fsp3) is 0.200. The van der Waals surface area contributed by atoms with Crippen LogP contribution in [0.25, 0.3) is 11.1 Å². The molecule has 0 atom stereocenters. The first-order valence-corrected chi connectivity index (χ1v) is 6.48. The second kappa shape index (κ2) is 6.77. The molecule has 0 saturated carbocycles. The zero-order chi connectivity index (χ0) is 18.8. The summed E-state index contributed by atoms with van der Waals surface area (Å²) in [6, 6.07) is 5.59. The first-order valence-electron chi connectivity index (χ1n) is 6.48.